The minimum Gasteiger partial charge on any atom is -0.309 e. The lowest BCUT2D eigenvalue weighted by Gasteiger charge is -2.16. The van der Waals surface area contributed by atoms with E-state index >= 15 is 0 Å². The van der Waals surface area contributed by atoms with Crippen LogP contribution in [0.15, 0.2) is 109 Å². The molecule has 7 aromatic heterocycles. The molecular formula is C56H42N16. The van der Waals surface area contributed by atoms with Crippen LogP contribution in [0.5, 0.6) is 0 Å². The van der Waals surface area contributed by atoms with Gasteiger partial charge in [-0.05, 0) is 159 Å². The SMILES string of the molecule is Cc1nc(C)nc(-c2ccc3c(c2)c2cc(-c4nc(C)nc(C)n4)ccc2n3-c2ccnc(-c3cc(C#N)ccc3-n3c4ccc(-c5nc(C)nc(C)n5)cc4c4cc(-c5nc(C)nc(C)n5)ccc43)c2)n1. The molecule has 0 bridgehead atoms. The highest BCUT2D eigenvalue weighted by molar-refractivity contribution is 6.13. The molecule has 0 fully saturated rings. The number of pyridine rings is 1. The summed E-state index contributed by atoms with van der Waals surface area (Å²) in [5.41, 5.74) is 10.8. The second-order valence-corrected chi connectivity index (χ2v) is 17.9. The molecule has 0 unspecified atom stereocenters. The largest absolute Gasteiger partial charge is 0.309 e. The first-order valence-corrected chi connectivity index (χ1v) is 23.3. The highest BCUT2D eigenvalue weighted by Crippen LogP contribution is 2.41. The number of hydrogen-bond donors (Lipinski definition) is 0. The Morgan fingerprint density at radius 2 is 0.708 bits per heavy atom. The van der Waals surface area contributed by atoms with Gasteiger partial charge in [-0.25, -0.2) is 59.8 Å². The van der Waals surface area contributed by atoms with E-state index in [1.807, 2.05) is 110 Å². The highest BCUT2D eigenvalue weighted by atomic mass is 15.1. The molecule has 0 amide bonds. The number of fused-ring (bicyclic) bond motifs is 6. The summed E-state index contributed by atoms with van der Waals surface area (Å²) in [4.78, 5) is 60.5. The zero-order chi connectivity index (χ0) is 49.5. The molecule has 12 aromatic rings. The summed E-state index contributed by atoms with van der Waals surface area (Å²) < 4.78 is 4.47. The molecule has 7 heterocycles. The van der Waals surface area contributed by atoms with Crippen LogP contribution in [-0.4, -0.2) is 73.9 Å². The van der Waals surface area contributed by atoms with Gasteiger partial charge in [0.2, 0.25) is 0 Å². The average molecular weight is 939 g/mol. The predicted molar refractivity (Wildman–Crippen MR) is 276 cm³/mol. The van der Waals surface area contributed by atoms with Crippen molar-refractivity contribution >= 4 is 43.6 Å². The van der Waals surface area contributed by atoms with E-state index in [1.54, 1.807) is 0 Å². The van der Waals surface area contributed by atoms with Crippen molar-refractivity contribution in [3.63, 3.8) is 0 Å². The Morgan fingerprint density at radius 1 is 0.361 bits per heavy atom. The van der Waals surface area contributed by atoms with Crippen molar-refractivity contribution in [2.75, 3.05) is 0 Å². The molecular weight excluding hydrogens is 897 g/mol. The lowest BCUT2D eigenvalue weighted by molar-refractivity contribution is 0.928. The van der Waals surface area contributed by atoms with E-state index in [0.717, 1.165) is 82.8 Å². The number of benzene rings is 5. The second kappa shape index (κ2) is 16.8. The van der Waals surface area contributed by atoms with E-state index in [1.165, 1.54) is 0 Å². The van der Waals surface area contributed by atoms with Gasteiger partial charge in [-0.2, -0.15) is 5.26 Å². The van der Waals surface area contributed by atoms with Gasteiger partial charge in [0, 0.05) is 61.2 Å². The third kappa shape index (κ3) is 7.60. The quantitative estimate of drug-likeness (QED) is 0.146. The Balaban J connectivity index is 1.07. The van der Waals surface area contributed by atoms with Gasteiger partial charge in [-0.1, -0.05) is 0 Å². The van der Waals surface area contributed by atoms with Gasteiger partial charge in [0.1, 0.15) is 46.6 Å². The maximum absolute atomic E-state index is 10.4. The maximum atomic E-state index is 10.4. The average Bonchev–Trinajstić information content (AvgIpc) is 3.86. The zero-order valence-corrected chi connectivity index (χ0v) is 40.5. The lowest BCUT2D eigenvalue weighted by Crippen LogP contribution is -2.01. The van der Waals surface area contributed by atoms with Crippen molar-refractivity contribution in [1.29, 1.82) is 5.26 Å². The molecule has 0 aliphatic rings. The Hall–Kier alpha value is -9.62. The number of aromatic nitrogens is 15. The Bertz CT molecular complexity index is 4000. The molecule has 0 radical (unpaired) electrons. The van der Waals surface area contributed by atoms with Crippen molar-refractivity contribution in [2.45, 2.75) is 55.4 Å². The number of rotatable bonds is 7. The third-order valence-corrected chi connectivity index (χ3v) is 12.6. The summed E-state index contributed by atoms with van der Waals surface area (Å²) in [6.07, 6.45) is 1.82. The van der Waals surface area contributed by atoms with Gasteiger partial charge in [0.25, 0.3) is 0 Å². The smallest absolute Gasteiger partial charge is 0.163 e. The molecule has 0 aliphatic carbocycles. The molecule has 346 valence electrons. The van der Waals surface area contributed by atoms with Crippen molar-refractivity contribution < 1.29 is 0 Å². The second-order valence-electron chi connectivity index (χ2n) is 17.9. The summed E-state index contributed by atoms with van der Waals surface area (Å²) >= 11 is 0. The van der Waals surface area contributed by atoms with E-state index in [0.29, 0.717) is 81.2 Å². The molecule has 0 aliphatic heterocycles. The van der Waals surface area contributed by atoms with Crippen LogP contribution in [0.3, 0.4) is 0 Å². The van der Waals surface area contributed by atoms with Gasteiger partial charge in [-0.15, -0.1) is 0 Å². The Kier molecular flexibility index (Phi) is 10.2. The first-order valence-electron chi connectivity index (χ1n) is 23.3. The zero-order valence-electron chi connectivity index (χ0n) is 40.5. The van der Waals surface area contributed by atoms with Crippen LogP contribution < -0.4 is 0 Å². The van der Waals surface area contributed by atoms with Crippen LogP contribution >= 0.6 is 0 Å². The molecule has 0 spiro atoms. The molecule has 16 heteroatoms. The van der Waals surface area contributed by atoms with Gasteiger partial charge in [-0.3, -0.25) is 4.98 Å². The summed E-state index contributed by atoms with van der Waals surface area (Å²) in [7, 11) is 0. The Morgan fingerprint density at radius 3 is 1.06 bits per heavy atom. The standard InChI is InChI=1S/C56H42N16/c1-28-59-29(2)64-53(63-28)37-10-15-48-42(22-37)43-23-38(54-65-30(3)60-31(4)66-54)11-16-49(43)71(48)41-19-20-58-47(26-41)46-21-36(27-57)9-14-52(46)72-50-17-12-39(55-67-32(5)61-33(6)68-55)24-44(50)45-25-40(13-18-51(45)72)56-69-34(7)62-35(8)70-56/h9-26H,1-8H3. The monoisotopic (exact) mass is 938 g/mol. The highest BCUT2D eigenvalue weighted by Gasteiger charge is 2.22. The first kappa shape index (κ1) is 43.6. The summed E-state index contributed by atoms with van der Waals surface area (Å²) in [5.74, 6) is 7.55. The molecule has 0 saturated heterocycles. The predicted octanol–water partition coefficient (Wildman–Crippen LogP) is 10.7. The first-order chi connectivity index (χ1) is 34.8. The molecule has 72 heavy (non-hydrogen) atoms. The molecule has 0 N–H and O–H groups in total. The molecule has 12 rings (SSSR count). The topological polar surface area (TPSA) is 201 Å². The normalized spacial score (nSPS) is 11.6. The molecule has 16 nitrogen and oxygen atoms in total. The van der Waals surface area contributed by atoms with E-state index in [4.69, 9.17) is 44.9 Å². The van der Waals surface area contributed by atoms with Crippen LogP contribution in [0.25, 0.3) is 112 Å². The van der Waals surface area contributed by atoms with E-state index < -0.39 is 0 Å². The van der Waals surface area contributed by atoms with E-state index in [2.05, 4.69) is 89.7 Å². The molecule has 0 atom stereocenters. The van der Waals surface area contributed by atoms with Crippen molar-refractivity contribution in [3.8, 4) is 74.3 Å². The van der Waals surface area contributed by atoms with Crippen LogP contribution in [0.1, 0.15) is 52.2 Å². The van der Waals surface area contributed by atoms with Crippen LogP contribution in [0.2, 0.25) is 0 Å². The lowest BCUT2D eigenvalue weighted by atomic mass is 10.0. The number of aryl methyl sites for hydroxylation is 8. The Labute approximate surface area is 412 Å². The summed E-state index contributed by atoms with van der Waals surface area (Å²) in [5, 5.41) is 14.3. The fourth-order valence-corrected chi connectivity index (χ4v) is 9.83. The van der Waals surface area contributed by atoms with Gasteiger partial charge in [0.05, 0.1) is 45.1 Å². The number of nitrogens with zero attached hydrogens (tertiary/aromatic N) is 16. The van der Waals surface area contributed by atoms with Gasteiger partial charge in [0.15, 0.2) is 23.3 Å². The van der Waals surface area contributed by atoms with Crippen LogP contribution in [0, 0.1) is 66.7 Å². The number of hydrogen-bond acceptors (Lipinski definition) is 14. The van der Waals surface area contributed by atoms with E-state index in [9.17, 15) is 5.26 Å². The van der Waals surface area contributed by atoms with Crippen molar-refractivity contribution in [1.82, 2.24) is 73.9 Å². The minimum atomic E-state index is 0.497. The third-order valence-electron chi connectivity index (χ3n) is 12.6. The maximum Gasteiger partial charge on any atom is 0.163 e. The minimum absolute atomic E-state index is 0.497. The summed E-state index contributed by atoms with van der Waals surface area (Å²) in [6, 6.07) is 37.4. The fourth-order valence-electron chi connectivity index (χ4n) is 9.83. The fraction of sp³-hybridized carbons (Fsp3) is 0.143. The molecule has 5 aromatic carbocycles. The summed E-state index contributed by atoms with van der Waals surface area (Å²) in [6.45, 7) is 15.0. The van der Waals surface area contributed by atoms with Crippen LogP contribution in [0.4, 0.5) is 0 Å². The van der Waals surface area contributed by atoms with Crippen molar-refractivity contribution in [3.05, 3.63) is 161 Å². The van der Waals surface area contributed by atoms with Gasteiger partial charge < -0.3 is 9.13 Å². The van der Waals surface area contributed by atoms with Crippen LogP contribution in [-0.2, 0) is 0 Å². The van der Waals surface area contributed by atoms with Gasteiger partial charge >= 0.3 is 0 Å². The van der Waals surface area contributed by atoms with E-state index in [-0.39, 0.29) is 0 Å². The molecule has 0 saturated carbocycles. The van der Waals surface area contributed by atoms with Crippen molar-refractivity contribution in [2.24, 2.45) is 0 Å². The number of nitriles is 1.